The minimum absolute atomic E-state index is 0. The number of hydrogen-bond acceptors (Lipinski definition) is 6. The SMILES string of the molecule is O=C(NC(CC1=C[N]c2ccccc21)C(=O)O)c1ccc(Cl)cc1.O=C([O-])C(CC1=C[N]c2ccccc21)N=C([O-])c1ccc(Cl)cc1.[Ca+2]. The average Bonchev–Trinajstić information content (AvgIpc) is 3.69. The van der Waals surface area contributed by atoms with Gasteiger partial charge in [-0.1, -0.05) is 71.7 Å². The van der Waals surface area contributed by atoms with Crippen LogP contribution in [0.5, 0.6) is 0 Å². The Morgan fingerprint density at radius 1 is 0.714 bits per heavy atom. The number of nitrogens with zero attached hydrogens (tertiary/aromatic N) is 3. The molecule has 0 saturated carbocycles. The van der Waals surface area contributed by atoms with Gasteiger partial charge in [0.15, 0.2) is 0 Å². The van der Waals surface area contributed by atoms with Gasteiger partial charge in [-0.15, -0.1) is 0 Å². The van der Waals surface area contributed by atoms with E-state index in [0.29, 0.717) is 21.2 Å². The number of carbonyl (C=O) groups excluding carboxylic acids is 2. The van der Waals surface area contributed by atoms with Crippen LogP contribution in [-0.2, 0) is 9.59 Å². The first-order valence-corrected chi connectivity index (χ1v) is 15.3. The van der Waals surface area contributed by atoms with Crippen LogP contribution in [0.3, 0.4) is 0 Å². The Balaban J connectivity index is 0.000000216. The van der Waals surface area contributed by atoms with Gasteiger partial charge in [0.05, 0.1) is 23.4 Å². The molecule has 6 rings (SSSR count). The van der Waals surface area contributed by atoms with Gasteiger partial charge in [0.1, 0.15) is 6.04 Å². The van der Waals surface area contributed by atoms with E-state index < -0.39 is 35.8 Å². The van der Waals surface area contributed by atoms with E-state index in [-0.39, 0.29) is 56.1 Å². The van der Waals surface area contributed by atoms with Crippen LogP contribution in [-0.4, -0.2) is 78.7 Å². The molecule has 0 fully saturated rings. The molecule has 0 aromatic heterocycles. The van der Waals surface area contributed by atoms with Crippen molar-refractivity contribution >= 4 is 107 Å². The number of amides is 1. The first-order chi connectivity index (χ1) is 23.1. The van der Waals surface area contributed by atoms with Gasteiger partial charge in [0.25, 0.3) is 5.91 Å². The van der Waals surface area contributed by atoms with Crippen LogP contribution in [0.4, 0.5) is 11.4 Å². The summed E-state index contributed by atoms with van der Waals surface area (Å²) in [4.78, 5) is 38.9. The molecule has 49 heavy (non-hydrogen) atoms. The summed E-state index contributed by atoms with van der Waals surface area (Å²) < 4.78 is 0. The average molecular weight is 722 g/mol. The van der Waals surface area contributed by atoms with E-state index in [2.05, 4.69) is 20.9 Å². The van der Waals surface area contributed by atoms with E-state index in [1.165, 1.54) is 12.1 Å². The summed E-state index contributed by atoms with van der Waals surface area (Å²) in [5.74, 6) is -3.57. The van der Waals surface area contributed by atoms with Crippen molar-refractivity contribution in [2.75, 3.05) is 0 Å². The number of carboxylic acid groups (broad SMARTS) is 2. The van der Waals surface area contributed by atoms with Crippen LogP contribution in [0.2, 0.25) is 10.0 Å². The number of benzene rings is 4. The molecule has 4 aromatic carbocycles. The van der Waals surface area contributed by atoms with Crippen LogP contribution in [0.25, 0.3) is 11.1 Å². The van der Waals surface area contributed by atoms with Crippen molar-refractivity contribution in [3.63, 3.8) is 0 Å². The smallest absolute Gasteiger partial charge is 0.858 e. The Morgan fingerprint density at radius 2 is 1.18 bits per heavy atom. The third-order valence-corrected chi connectivity index (χ3v) is 7.91. The molecular formula is C36H26CaCl2N4O6. The van der Waals surface area contributed by atoms with Gasteiger partial charge < -0.3 is 25.4 Å². The zero-order valence-electron chi connectivity index (χ0n) is 25.8. The summed E-state index contributed by atoms with van der Waals surface area (Å²) in [6.07, 6.45) is 3.45. The molecule has 242 valence electrons. The van der Waals surface area contributed by atoms with Crippen molar-refractivity contribution in [2.45, 2.75) is 24.9 Å². The second-order valence-electron chi connectivity index (χ2n) is 10.7. The number of hydrogen-bond donors (Lipinski definition) is 2. The van der Waals surface area contributed by atoms with Crippen LogP contribution in [0.15, 0.2) is 114 Å². The number of fused-ring (bicyclic) bond motifs is 2. The van der Waals surface area contributed by atoms with Gasteiger partial charge >= 0.3 is 43.7 Å². The Hall–Kier alpha value is -4.32. The minimum Gasteiger partial charge on any atom is -0.858 e. The summed E-state index contributed by atoms with van der Waals surface area (Å²) >= 11 is 11.6. The van der Waals surface area contributed by atoms with E-state index in [9.17, 15) is 29.7 Å². The molecule has 0 aliphatic carbocycles. The van der Waals surface area contributed by atoms with Gasteiger partial charge in [-0.3, -0.25) is 20.4 Å². The Morgan fingerprint density at radius 3 is 1.67 bits per heavy atom. The topological polar surface area (TPSA) is 170 Å². The van der Waals surface area contributed by atoms with Crippen LogP contribution < -0.4 is 26.2 Å². The van der Waals surface area contributed by atoms with Crippen molar-refractivity contribution in [1.82, 2.24) is 16.0 Å². The largest absolute Gasteiger partial charge is 2.00 e. The van der Waals surface area contributed by atoms with E-state index in [1.54, 1.807) is 48.8 Å². The fourth-order valence-electron chi connectivity index (χ4n) is 4.94. The molecular weight excluding hydrogens is 695 g/mol. The molecule has 13 heteroatoms. The molecule has 2 aliphatic rings. The molecule has 4 aromatic rings. The van der Waals surface area contributed by atoms with Gasteiger partial charge in [-0.25, -0.2) is 4.79 Å². The van der Waals surface area contributed by atoms with Gasteiger partial charge in [-0.2, -0.15) is 0 Å². The number of aliphatic carboxylic acids is 2. The summed E-state index contributed by atoms with van der Waals surface area (Å²) in [6, 6.07) is 24.9. The maximum Gasteiger partial charge on any atom is 2.00 e. The Labute approximate surface area is 322 Å². The predicted molar refractivity (Wildman–Crippen MR) is 185 cm³/mol. The van der Waals surface area contributed by atoms with E-state index in [1.807, 2.05) is 48.5 Å². The molecule has 2 heterocycles. The van der Waals surface area contributed by atoms with E-state index in [4.69, 9.17) is 23.2 Å². The predicted octanol–water partition coefficient (Wildman–Crippen LogP) is 4.07. The number of carboxylic acids is 2. The molecule has 2 N–H and O–H groups in total. The van der Waals surface area contributed by atoms with Gasteiger partial charge in [0.2, 0.25) is 0 Å². The molecule has 2 unspecified atom stereocenters. The monoisotopic (exact) mass is 720 g/mol. The number of aliphatic imine (C=N–C) groups is 1. The number of para-hydroxylation sites is 2. The standard InChI is InChI=1S/2C18H14ClN2O3.Ca/c2*19-13-7-5-11(6-8-13)17(22)21-16(18(23)24)9-12-10-20-15-4-2-1-3-14(12)15;/h2*1-8,10,16H,9H2,(H,21,22)(H,23,24);/q;;+2/p-2. The quantitative estimate of drug-likeness (QED) is 0.142. The van der Waals surface area contributed by atoms with Crippen LogP contribution >= 0.6 is 23.2 Å². The summed E-state index contributed by atoms with van der Waals surface area (Å²) in [5.41, 5.74) is 5.45. The second kappa shape index (κ2) is 17.4. The summed E-state index contributed by atoms with van der Waals surface area (Å²) in [7, 11) is 0. The van der Waals surface area contributed by atoms with Crippen LogP contribution in [0, 0.1) is 0 Å². The molecule has 0 bridgehead atoms. The zero-order valence-corrected chi connectivity index (χ0v) is 29.5. The summed E-state index contributed by atoms with van der Waals surface area (Å²) in [6.45, 7) is 0. The Bertz CT molecular complexity index is 1930. The molecule has 0 saturated heterocycles. The van der Waals surface area contributed by atoms with Crippen molar-refractivity contribution < 1.29 is 29.7 Å². The van der Waals surface area contributed by atoms with Crippen molar-refractivity contribution in [3.05, 3.63) is 142 Å². The molecule has 10 nitrogen and oxygen atoms in total. The normalized spacial score (nSPS) is 13.7. The number of rotatable bonds is 10. The number of nitrogens with one attached hydrogen (secondary N) is 1. The minimum atomic E-state index is -1.40. The molecule has 1 amide bonds. The molecule has 2 radical (unpaired) electrons. The fraction of sp³-hybridized carbons (Fsp3) is 0.111. The zero-order chi connectivity index (χ0) is 34.2. The van der Waals surface area contributed by atoms with Gasteiger partial charge in [-0.05, 0) is 71.1 Å². The first kappa shape index (κ1) is 37.5. The third-order valence-electron chi connectivity index (χ3n) is 7.40. The molecule has 0 spiro atoms. The van der Waals surface area contributed by atoms with Crippen LogP contribution in [0.1, 0.15) is 39.9 Å². The summed E-state index contributed by atoms with van der Waals surface area (Å²) in [5, 5.41) is 45.0. The van der Waals surface area contributed by atoms with Crippen molar-refractivity contribution in [1.29, 1.82) is 0 Å². The Kier molecular flexibility index (Phi) is 13.3. The van der Waals surface area contributed by atoms with Crippen molar-refractivity contribution in [3.8, 4) is 0 Å². The van der Waals surface area contributed by atoms with Crippen molar-refractivity contribution in [2.24, 2.45) is 4.99 Å². The van der Waals surface area contributed by atoms with Gasteiger partial charge in [0, 0.05) is 52.0 Å². The molecule has 2 atom stereocenters. The van der Waals surface area contributed by atoms with E-state index >= 15 is 0 Å². The number of carbonyl (C=O) groups is 3. The number of halogens is 2. The van der Waals surface area contributed by atoms with E-state index in [0.717, 1.165) is 28.1 Å². The second-order valence-corrected chi connectivity index (χ2v) is 11.5. The first-order valence-electron chi connectivity index (χ1n) is 14.6. The maximum absolute atomic E-state index is 12.2. The third kappa shape index (κ3) is 9.87. The molecule has 2 aliphatic heterocycles. The fourth-order valence-corrected chi connectivity index (χ4v) is 5.19. The maximum atomic E-state index is 12.2.